The zero-order valence-electron chi connectivity index (χ0n) is 11.9. The van der Waals surface area contributed by atoms with Crippen molar-refractivity contribution in [1.82, 2.24) is 4.90 Å². The van der Waals surface area contributed by atoms with Gasteiger partial charge in [-0.1, -0.05) is 19.1 Å². The predicted octanol–water partition coefficient (Wildman–Crippen LogP) is 3.25. The molecule has 108 valence electrons. The number of hydrogen-bond acceptors (Lipinski definition) is 3. The summed E-state index contributed by atoms with van der Waals surface area (Å²) in [6, 6.07) is 6.35. The summed E-state index contributed by atoms with van der Waals surface area (Å²) in [6.45, 7) is 2.22. The van der Waals surface area contributed by atoms with Crippen molar-refractivity contribution >= 4 is 11.6 Å². The fraction of sp³-hybridized carbons (Fsp3) is 0.533. The van der Waals surface area contributed by atoms with Crippen LogP contribution in [0.4, 0.5) is 5.69 Å². The molecule has 0 atom stereocenters. The van der Waals surface area contributed by atoms with Crippen LogP contribution in [0, 0.1) is 16.0 Å². The van der Waals surface area contributed by atoms with Crippen molar-refractivity contribution in [2.45, 2.75) is 38.6 Å². The van der Waals surface area contributed by atoms with Crippen molar-refractivity contribution in [2.75, 3.05) is 7.05 Å². The third kappa shape index (κ3) is 2.98. The molecule has 5 heteroatoms. The standard InChI is InChI=1S/C15H20N2O3/c1-11-7-9-12(10-8-11)16(2)15(18)13-5-3-4-6-14(13)17(19)20/h3-6,11-12H,7-10H2,1-2H3. The number of amides is 1. The van der Waals surface area contributed by atoms with Gasteiger partial charge in [-0.3, -0.25) is 14.9 Å². The van der Waals surface area contributed by atoms with Crippen LogP contribution in [0.15, 0.2) is 24.3 Å². The van der Waals surface area contributed by atoms with Gasteiger partial charge in [0.25, 0.3) is 11.6 Å². The maximum absolute atomic E-state index is 12.5. The van der Waals surface area contributed by atoms with Gasteiger partial charge in [0.15, 0.2) is 0 Å². The Morgan fingerprint density at radius 3 is 2.45 bits per heavy atom. The highest BCUT2D eigenvalue weighted by Gasteiger charge is 2.28. The first-order chi connectivity index (χ1) is 9.50. The molecule has 0 unspecified atom stereocenters. The number of nitro benzene ring substituents is 1. The first-order valence-corrected chi connectivity index (χ1v) is 7.01. The molecule has 0 saturated heterocycles. The summed E-state index contributed by atoms with van der Waals surface area (Å²) in [7, 11) is 1.75. The molecule has 1 saturated carbocycles. The molecule has 1 aromatic carbocycles. The topological polar surface area (TPSA) is 63.5 Å². The molecule has 1 aliphatic rings. The average molecular weight is 276 g/mol. The van der Waals surface area contributed by atoms with Gasteiger partial charge in [0.1, 0.15) is 5.56 Å². The van der Waals surface area contributed by atoms with Crippen molar-refractivity contribution in [2.24, 2.45) is 5.92 Å². The van der Waals surface area contributed by atoms with Crippen LogP contribution in [0.3, 0.4) is 0 Å². The van der Waals surface area contributed by atoms with Crippen LogP contribution in [0.2, 0.25) is 0 Å². The van der Waals surface area contributed by atoms with E-state index in [1.807, 2.05) is 0 Å². The summed E-state index contributed by atoms with van der Waals surface area (Å²) in [5.74, 6) is 0.456. The third-order valence-corrected chi connectivity index (χ3v) is 4.18. The summed E-state index contributed by atoms with van der Waals surface area (Å²) in [4.78, 5) is 24.7. The molecule has 0 aliphatic heterocycles. The summed E-state index contributed by atoms with van der Waals surface area (Å²) >= 11 is 0. The maximum Gasteiger partial charge on any atom is 0.282 e. The zero-order valence-corrected chi connectivity index (χ0v) is 11.9. The first-order valence-electron chi connectivity index (χ1n) is 7.01. The summed E-state index contributed by atoms with van der Waals surface area (Å²) in [5, 5.41) is 11.0. The molecule has 0 aromatic heterocycles. The third-order valence-electron chi connectivity index (χ3n) is 4.18. The lowest BCUT2D eigenvalue weighted by Gasteiger charge is -2.33. The van der Waals surface area contributed by atoms with E-state index in [4.69, 9.17) is 0 Å². The Bertz CT molecular complexity index is 508. The summed E-state index contributed by atoms with van der Waals surface area (Å²) in [6.07, 6.45) is 4.17. The van der Waals surface area contributed by atoms with E-state index in [-0.39, 0.29) is 23.2 Å². The van der Waals surface area contributed by atoms with E-state index in [1.165, 1.54) is 12.1 Å². The van der Waals surface area contributed by atoms with E-state index in [1.54, 1.807) is 24.1 Å². The molecule has 1 aromatic rings. The molecule has 0 bridgehead atoms. The van der Waals surface area contributed by atoms with Gasteiger partial charge < -0.3 is 4.90 Å². The minimum atomic E-state index is -0.496. The molecule has 1 aliphatic carbocycles. The highest BCUT2D eigenvalue weighted by Crippen LogP contribution is 2.28. The minimum absolute atomic E-state index is 0.117. The molecule has 1 fully saturated rings. The largest absolute Gasteiger partial charge is 0.339 e. The average Bonchev–Trinajstić information content (AvgIpc) is 2.46. The molecule has 2 rings (SSSR count). The Kier molecular flexibility index (Phi) is 4.37. The summed E-state index contributed by atoms with van der Waals surface area (Å²) in [5.41, 5.74) is 0.0622. The first kappa shape index (κ1) is 14.5. The van der Waals surface area contributed by atoms with Gasteiger partial charge >= 0.3 is 0 Å². The van der Waals surface area contributed by atoms with E-state index >= 15 is 0 Å². The van der Waals surface area contributed by atoms with Gasteiger partial charge in [-0.15, -0.1) is 0 Å². The lowest BCUT2D eigenvalue weighted by Crippen LogP contribution is -2.39. The van der Waals surface area contributed by atoms with E-state index in [9.17, 15) is 14.9 Å². The van der Waals surface area contributed by atoms with Crippen LogP contribution in [0.1, 0.15) is 43.0 Å². The Morgan fingerprint density at radius 1 is 1.25 bits per heavy atom. The van der Waals surface area contributed by atoms with Crippen LogP contribution in [-0.4, -0.2) is 28.8 Å². The second kappa shape index (κ2) is 6.03. The Morgan fingerprint density at radius 2 is 1.85 bits per heavy atom. The highest BCUT2D eigenvalue weighted by atomic mass is 16.6. The molecule has 1 amide bonds. The molecule has 0 N–H and O–H groups in total. The van der Waals surface area contributed by atoms with Crippen LogP contribution in [0.25, 0.3) is 0 Å². The molecule has 5 nitrogen and oxygen atoms in total. The van der Waals surface area contributed by atoms with Crippen LogP contribution < -0.4 is 0 Å². The number of nitrogens with zero attached hydrogens (tertiary/aromatic N) is 2. The lowest BCUT2D eigenvalue weighted by atomic mass is 9.86. The predicted molar refractivity (Wildman–Crippen MR) is 76.6 cm³/mol. The van der Waals surface area contributed by atoms with Gasteiger partial charge in [-0.25, -0.2) is 0 Å². The number of carbonyl (C=O) groups is 1. The van der Waals surface area contributed by atoms with Gasteiger partial charge in [0.2, 0.25) is 0 Å². The van der Waals surface area contributed by atoms with Crippen molar-refractivity contribution in [1.29, 1.82) is 0 Å². The van der Waals surface area contributed by atoms with Crippen LogP contribution in [0.5, 0.6) is 0 Å². The second-order valence-corrected chi connectivity index (χ2v) is 5.60. The van der Waals surface area contributed by atoms with Crippen molar-refractivity contribution in [3.05, 3.63) is 39.9 Å². The van der Waals surface area contributed by atoms with Gasteiger partial charge in [0, 0.05) is 19.2 Å². The molecular weight excluding hydrogens is 256 g/mol. The number of nitro groups is 1. The number of carbonyl (C=O) groups excluding carboxylic acids is 1. The van der Waals surface area contributed by atoms with Gasteiger partial charge in [0.05, 0.1) is 4.92 Å². The SMILES string of the molecule is CC1CCC(N(C)C(=O)c2ccccc2[N+](=O)[O-])CC1. The fourth-order valence-electron chi connectivity index (χ4n) is 2.80. The molecule has 20 heavy (non-hydrogen) atoms. The minimum Gasteiger partial charge on any atom is -0.339 e. The van der Waals surface area contributed by atoms with Crippen LogP contribution >= 0.6 is 0 Å². The lowest BCUT2D eigenvalue weighted by molar-refractivity contribution is -0.385. The summed E-state index contributed by atoms with van der Waals surface area (Å²) < 4.78 is 0. The normalized spacial score (nSPS) is 22.3. The van der Waals surface area contributed by atoms with Gasteiger partial charge in [-0.2, -0.15) is 0 Å². The molecule has 0 spiro atoms. The molecule has 0 heterocycles. The van der Waals surface area contributed by atoms with Crippen LogP contribution in [-0.2, 0) is 0 Å². The monoisotopic (exact) mass is 276 g/mol. The van der Waals surface area contributed by atoms with Crippen molar-refractivity contribution in [3.8, 4) is 0 Å². The number of hydrogen-bond donors (Lipinski definition) is 0. The Hall–Kier alpha value is -1.91. The smallest absolute Gasteiger partial charge is 0.282 e. The van der Waals surface area contributed by atoms with E-state index in [0.717, 1.165) is 25.7 Å². The second-order valence-electron chi connectivity index (χ2n) is 5.60. The Labute approximate surface area is 118 Å². The van der Waals surface area contributed by atoms with E-state index < -0.39 is 4.92 Å². The fourth-order valence-corrected chi connectivity index (χ4v) is 2.80. The highest BCUT2D eigenvalue weighted by molar-refractivity contribution is 5.98. The number of rotatable bonds is 3. The quantitative estimate of drug-likeness (QED) is 0.629. The van der Waals surface area contributed by atoms with E-state index in [2.05, 4.69) is 6.92 Å². The molecular formula is C15H20N2O3. The number of benzene rings is 1. The van der Waals surface area contributed by atoms with Gasteiger partial charge in [-0.05, 0) is 37.7 Å². The Balaban J connectivity index is 2.17. The van der Waals surface area contributed by atoms with Crippen molar-refractivity contribution < 1.29 is 9.72 Å². The molecule has 0 radical (unpaired) electrons. The maximum atomic E-state index is 12.5. The zero-order chi connectivity index (χ0) is 14.7. The number of para-hydroxylation sites is 1. The van der Waals surface area contributed by atoms with Crippen molar-refractivity contribution in [3.63, 3.8) is 0 Å². The van der Waals surface area contributed by atoms with E-state index in [0.29, 0.717) is 5.92 Å².